The summed E-state index contributed by atoms with van der Waals surface area (Å²) in [5.41, 5.74) is 5.60. The summed E-state index contributed by atoms with van der Waals surface area (Å²) in [7, 11) is 0. The number of benzene rings is 1. The minimum atomic E-state index is 0.357. The van der Waals surface area contributed by atoms with Gasteiger partial charge in [-0.25, -0.2) is 0 Å². The lowest BCUT2D eigenvalue weighted by atomic mass is 9.80. The van der Waals surface area contributed by atoms with Crippen LogP contribution in [0.4, 0.5) is 0 Å². The Morgan fingerprint density at radius 3 is 2.64 bits per heavy atom. The van der Waals surface area contributed by atoms with E-state index in [1.54, 1.807) is 0 Å². The Balaban J connectivity index is 1.28. The van der Waals surface area contributed by atoms with Gasteiger partial charge in [-0.1, -0.05) is 54.7 Å². The minimum absolute atomic E-state index is 0.357. The zero-order valence-corrected chi connectivity index (χ0v) is 20.3. The van der Waals surface area contributed by atoms with E-state index in [0.717, 1.165) is 25.2 Å². The first-order chi connectivity index (χ1) is 16.2. The Morgan fingerprint density at radius 2 is 1.79 bits per heavy atom. The van der Waals surface area contributed by atoms with Crippen molar-refractivity contribution in [2.75, 3.05) is 19.8 Å². The van der Waals surface area contributed by atoms with Crippen LogP contribution in [0.5, 0.6) is 0 Å². The molecule has 0 saturated heterocycles. The first-order valence-electron chi connectivity index (χ1n) is 12.8. The molecule has 1 unspecified atom stereocenters. The molecule has 33 heavy (non-hydrogen) atoms. The zero-order chi connectivity index (χ0) is 22.9. The summed E-state index contributed by atoms with van der Waals surface area (Å²) in [6, 6.07) is 7.65. The number of nitrogens with one attached hydrogen (secondary N) is 1. The summed E-state index contributed by atoms with van der Waals surface area (Å²) in [5, 5.41) is 3.94. The lowest BCUT2D eigenvalue weighted by Crippen LogP contribution is -2.35. The van der Waals surface area contributed by atoms with Crippen molar-refractivity contribution in [1.29, 1.82) is 0 Å². The van der Waals surface area contributed by atoms with Gasteiger partial charge in [0.2, 0.25) is 0 Å². The number of hydrogen-bond acceptors (Lipinski definition) is 3. The highest BCUT2D eigenvalue weighted by Crippen LogP contribution is 2.34. The molecule has 3 aliphatic rings. The largest absolute Gasteiger partial charge is 0.492 e. The summed E-state index contributed by atoms with van der Waals surface area (Å²) in [4.78, 5) is 0. The maximum absolute atomic E-state index is 5.85. The van der Waals surface area contributed by atoms with Crippen molar-refractivity contribution >= 4 is 12.2 Å². The highest BCUT2D eigenvalue weighted by molar-refractivity contribution is 5.70. The molecule has 0 bridgehead atoms. The lowest BCUT2D eigenvalue weighted by molar-refractivity contribution is 0.0864. The molecular formula is C30H39NO2. The van der Waals surface area contributed by atoms with Gasteiger partial charge in [-0.15, -0.1) is 0 Å². The third kappa shape index (κ3) is 6.59. The number of allylic oxidation sites excluding steroid dienone is 7. The molecule has 0 aliphatic heterocycles. The van der Waals surface area contributed by atoms with Crippen molar-refractivity contribution in [2.24, 2.45) is 5.92 Å². The Bertz CT molecular complexity index is 929. The summed E-state index contributed by atoms with van der Waals surface area (Å²) >= 11 is 0. The molecule has 3 aliphatic carbocycles. The van der Waals surface area contributed by atoms with E-state index in [4.69, 9.17) is 9.47 Å². The van der Waals surface area contributed by atoms with E-state index in [9.17, 15) is 0 Å². The van der Waals surface area contributed by atoms with E-state index in [2.05, 4.69) is 79.0 Å². The first-order valence-corrected chi connectivity index (χ1v) is 12.8. The normalized spacial score (nSPS) is 23.2. The fourth-order valence-corrected chi connectivity index (χ4v) is 5.21. The quantitative estimate of drug-likeness (QED) is 0.409. The maximum Gasteiger partial charge on any atom is 0.115 e. The molecule has 0 spiro atoms. The molecule has 1 aromatic rings. The second-order valence-electron chi connectivity index (χ2n) is 9.25. The van der Waals surface area contributed by atoms with Gasteiger partial charge in [0.05, 0.1) is 6.61 Å². The SMILES string of the molecule is CCOCCOC1=CCC=C(C2CCC(NC(C)c3cccc4c3C=CCC=C4)CC2)C=C1. The van der Waals surface area contributed by atoms with Crippen LogP contribution < -0.4 is 5.32 Å². The zero-order valence-electron chi connectivity index (χ0n) is 20.3. The van der Waals surface area contributed by atoms with E-state index in [0.29, 0.717) is 31.2 Å². The van der Waals surface area contributed by atoms with E-state index in [1.807, 2.05) is 6.92 Å². The molecule has 176 valence electrons. The molecule has 1 aromatic carbocycles. The summed E-state index contributed by atoms with van der Waals surface area (Å²) in [5.74, 6) is 1.63. The third-order valence-corrected chi connectivity index (χ3v) is 6.99. The Kier molecular flexibility index (Phi) is 8.79. The average molecular weight is 446 g/mol. The van der Waals surface area contributed by atoms with Gasteiger partial charge in [0.1, 0.15) is 12.4 Å². The number of ether oxygens (including phenoxy) is 2. The predicted octanol–water partition coefficient (Wildman–Crippen LogP) is 7.15. The monoisotopic (exact) mass is 445 g/mol. The highest BCUT2D eigenvalue weighted by Gasteiger charge is 2.25. The van der Waals surface area contributed by atoms with Crippen LogP contribution in [0, 0.1) is 5.92 Å². The highest BCUT2D eigenvalue weighted by atomic mass is 16.5. The van der Waals surface area contributed by atoms with Crippen LogP contribution >= 0.6 is 0 Å². The van der Waals surface area contributed by atoms with Crippen molar-refractivity contribution in [1.82, 2.24) is 5.32 Å². The molecule has 3 heteroatoms. The van der Waals surface area contributed by atoms with Gasteiger partial charge in [-0.2, -0.15) is 0 Å². The van der Waals surface area contributed by atoms with Gasteiger partial charge >= 0.3 is 0 Å². The average Bonchev–Trinajstić information content (AvgIpc) is 3.23. The summed E-state index contributed by atoms with van der Waals surface area (Å²) in [6.07, 6.45) is 25.0. The van der Waals surface area contributed by atoms with E-state index in [1.165, 1.54) is 47.9 Å². The molecule has 1 atom stereocenters. The molecule has 0 heterocycles. The fraction of sp³-hybridized carbons (Fsp3) is 0.467. The van der Waals surface area contributed by atoms with Crippen LogP contribution in [-0.2, 0) is 9.47 Å². The Hall–Kier alpha value is -2.36. The van der Waals surface area contributed by atoms with Crippen LogP contribution in [-0.4, -0.2) is 25.9 Å². The second kappa shape index (κ2) is 12.2. The van der Waals surface area contributed by atoms with E-state index in [-0.39, 0.29) is 0 Å². The van der Waals surface area contributed by atoms with Crippen molar-refractivity contribution in [2.45, 2.75) is 64.5 Å². The van der Waals surface area contributed by atoms with Gasteiger partial charge in [0.25, 0.3) is 0 Å². The molecule has 0 radical (unpaired) electrons. The van der Waals surface area contributed by atoms with Crippen molar-refractivity contribution < 1.29 is 9.47 Å². The molecule has 4 rings (SSSR count). The van der Waals surface area contributed by atoms with Crippen LogP contribution in [0.2, 0.25) is 0 Å². The van der Waals surface area contributed by atoms with Gasteiger partial charge in [-0.05, 0) is 92.7 Å². The number of fused-ring (bicyclic) bond motifs is 1. The topological polar surface area (TPSA) is 30.5 Å². The van der Waals surface area contributed by atoms with Gasteiger partial charge in [0.15, 0.2) is 0 Å². The third-order valence-electron chi connectivity index (χ3n) is 6.99. The second-order valence-corrected chi connectivity index (χ2v) is 9.25. The van der Waals surface area contributed by atoms with Crippen LogP contribution in [0.25, 0.3) is 12.2 Å². The molecule has 1 N–H and O–H groups in total. The summed E-state index contributed by atoms with van der Waals surface area (Å²) < 4.78 is 11.2. The van der Waals surface area contributed by atoms with Gasteiger partial charge in [0, 0.05) is 18.7 Å². The van der Waals surface area contributed by atoms with E-state index < -0.39 is 0 Å². The van der Waals surface area contributed by atoms with E-state index >= 15 is 0 Å². The lowest BCUT2D eigenvalue weighted by Gasteiger charge is -2.32. The molecular weight excluding hydrogens is 406 g/mol. The van der Waals surface area contributed by atoms with Crippen molar-refractivity contribution in [3.8, 4) is 0 Å². The van der Waals surface area contributed by atoms with Gasteiger partial charge in [-0.3, -0.25) is 0 Å². The fourth-order valence-electron chi connectivity index (χ4n) is 5.21. The summed E-state index contributed by atoms with van der Waals surface area (Å²) in [6.45, 7) is 6.33. The van der Waals surface area contributed by atoms with Crippen LogP contribution in [0.1, 0.15) is 75.1 Å². The number of hydrogen-bond donors (Lipinski definition) is 1. The Labute approximate surface area is 200 Å². The molecule has 1 fully saturated rings. The molecule has 1 saturated carbocycles. The molecule has 3 nitrogen and oxygen atoms in total. The molecule has 0 aromatic heterocycles. The standard InChI is InChI=1S/C30H39NO2/c1-3-32-21-22-33-28-12-7-10-24(17-20-28)25-15-18-27(19-16-25)31-23(2)29-14-8-11-26-9-5-4-6-13-30(26)29/h5-6,8-14,17,20,23,25,27,31H,3-4,7,15-16,18-19,21-22H2,1-2H3. The maximum atomic E-state index is 5.85. The van der Waals surface area contributed by atoms with Crippen molar-refractivity contribution in [3.63, 3.8) is 0 Å². The predicted molar refractivity (Wildman–Crippen MR) is 139 cm³/mol. The van der Waals surface area contributed by atoms with Crippen LogP contribution in [0.15, 0.2) is 66.0 Å². The first kappa shape index (κ1) is 23.8. The molecule has 0 amide bonds. The Morgan fingerprint density at radius 1 is 0.939 bits per heavy atom. The minimum Gasteiger partial charge on any atom is -0.492 e. The van der Waals surface area contributed by atoms with Gasteiger partial charge < -0.3 is 14.8 Å². The van der Waals surface area contributed by atoms with Crippen LogP contribution in [0.3, 0.4) is 0 Å². The smallest absolute Gasteiger partial charge is 0.115 e. The number of rotatable bonds is 9. The van der Waals surface area contributed by atoms with Crippen molar-refractivity contribution in [3.05, 3.63) is 82.7 Å².